The maximum Gasteiger partial charge on any atom is 0.159 e. The minimum absolute atomic E-state index is 0.170. The van der Waals surface area contributed by atoms with E-state index in [2.05, 4.69) is 297 Å². The van der Waals surface area contributed by atoms with Gasteiger partial charge in [-0.2, -0.15) is 0 Å². The molecule has 4 nitrogen and oxygen atoms in total. The predicted molar refractivity (Wildman–Crippen MR) is 406 cm³/mol. The minimum atomic E-state index is -1.73. The van der Waals surface area contributed by atoms with Crippen LogP contribution in [0.3, 0.4) is 0 Å². The summed E-state index contributed by atoms with van der Waals surface area (Å²) in [5.41, 5.74) is 22.3. The molecule has 458 valence electrons. The van der Waals surface area contributed by atoms with Crippen molar-refractivity contribution in [3.8, 4) is 0 Å². The first-order chi connectivity index (χ1) is 40.9. The van der Waals surface area contributed by atoms with Gasteiger partial charge in [-0.15, -0.1) is 45.3 Å². The van der Waals surface area contributed by atoms with Gasteiger partial charge in [0, 0.05) is 93.2 Å². The zero-order valence-electron chi connectivity index (χ0n) is 56.4. The van der Waals surface area contributed by atoms with E-state index in [-0.39, 0.29) is 5.54 Å². The Balaban J connectivity index is 0.000000129. The second-order valence-corrected chi connectivity index (χ2v) is 50.5. The van der Waals surface area contributed by atoms with Gasteiger partial charge >= 0.3 is 0 Å². The van der Waals surface area contributed by atoms with E-state index in [0.29, 0.717) is 28.2 Å². The lowest BCUT2D eigenvalue weighted by Gasteiger charge is -2.38. The van der Waals surface area contributed by atoms with Gasteiger partial charge in [0.15, 0.2) is 8.24 Å². The molecular formula is C75H98N4S4Si4. The van der Waals surface area contributed by atoms with Crippen molar-refractivity contribution in [1.82, 2.24) is 14.9 Å². The van der Waals surface area contributed by atoms with Crippen LogP contribution in [-0.2, 0) is 0 Å². The molecule has 0 fully saturated rings. The largest absolute Gasteiger partial charge is 0.410 e. The molecule has 4 N–H and O–H groups in total. The Kier molecular flexibility index (Phi) is 18.7. The highest BCUT2D eigenvalue weighted by Crippen LogP contribution is 2.56. The molecule has 0 bridgehead atoms. The summed E-state index contributed by atoms with van der Waals surface area (Å²) in [6.07, 6.45) is 0. The summed E-state index contributed by atoms with van der Waals surface area (Å²) in [5, 5.41) is 5.78. The van der Waals surface area contributed by atoms with Gasteiger partial charge in [0.25, 0.3) is 0 Å². The van der Waals surface area contributed by atoms with Gasteiger partial charge in [-0.25, -0.2) is 0 Å². The summed E-state index contributed by atoms with van der Waals surface area (Å²) in [5.74, 6) is 0. The molecule has 4 unspecified atom stereocenters. The second-order valence-electron chi connectivity index (χ2n) is 28.9. The zero-order valence-corrected chi connectivity index (χ0v) is 63.6. The third kappa shape index (κ3) is 12.4. The molecule has 0 saturated heterocycles. The minimum Gasteiger partial charge on any atom is -0.410 e. The molecule has 0 spiro atoms. The third-order valence-corrected chi connectivity index (χ3v) is 38.6. The molecular weight excluding hydrogens is 1200 g/mol. The Morgan fingerprint density at radius 3 is 0.989 bits per heavy atom. The smallest absolute Gasteiger partial charge is 0.159 e. The maximum atomic E-state index is 3.99. The third-order valence-electron chi connectivity index (χ3n) is 19.3. The first kappa shape index (κ1) is 65.4. The number of para-hydroxylation sites is 1. The molecule has 4 atom stereocenters. The van der Waals surface area contributed by atoms with Crippen LogP contribution in [0.1, 0.15) is 161 Å². The van der Waals surface area contributed by atoms with E-state index in [1.807, 2.05) is 45.3 Å². The van der Waals surface area contributed by atoms with Crippen molar-refractivity contribution in [2.45, 2.75) is 183 Å². The van der Waals surface area contributed by atoms with E-state index in [1.54, 1.807) is 41.8 Å². The van der Waals surface area contributed by atoms with Crippen molar-refractivity contribution < 1.29 is 0 Å². The average molecular weight is 1300 g/mol. The molecule has 87 heavy (non-hydrogen) atoms. The summed E-state index contributed by atoms with van der Waals surface area (Å²) in [6, 6.07) is 46.7. The topological polar surface area (TPSA) is 48.1 Å². The van der Waals surface area contributed by atoms with Gasteiger partial charge in [0.2, 0.25) is 0 Å². The van der Waals surface area contributed by atoms with E-state index in [0.717, 1.165) is 6.54 Å². The molecule has 4 aliphatic carbocycles. The molecule has 9 aromatic rings. The normalized spacial score (nSPS) is 18.6. The Bertz CT molecular complexity index is 4190. The van der Waals surface area contributed by atoms with Crippen LogP contribution in [0.15, 0.2) is 150 Å². The van der Waals surface area contributed by atoms with Crippen molar-refractivity contribution >= 4 is 147 Å². The number of allylic oxidation sites excluding steroid dienone is 8. The van der Waals surface area contributed by atoms with Gasteiger partial charge in [0.05, 0.1) is 0 Å². The van der Waals surface area contributed by atoms with Gasteiger partial charge in [-0.05, 0) is 170 Å². The molecule has 0 aliphatic heterocycles. The molecule has 0 radical (unpaired) electrons. The number of benzene rings is 5. The van der Waals surface area contributed by atoms with Crippen molar-refractivity contribution in [2.75, 3.05) is 11.5 Å². The van der Waals surface area contributed by atoms with Gasteiger partial charge in [0.1, 0.15) is 24.7 Å². The standard InChI is InChI=1S/C21H23NSSi.C19H27NSSi.C18H25NSSi.C17H23NSSi/c1-14-15(2)21(24(3,4)22-16-10-6-5-7-11-16)20-19(14)17-12-8-9-13-18(17)23-20;1-12-13(2)18(22(6,7)20-19(3,4)5)17-16(12)14-10-8-9-11-15(14)21-17;1-11(2)19-21(5,6)18-13(4)12(3)16-14-9-7-8-10-15(14)20-17(16)18;1-6-18-20(4,5)17-12(3)11(2)15-13-9-7-8-10-14(13)19-16(15)17/h5-13,21-22H,1-4H3;8-11,18,20H,1-7H3;7-11,18-19H,1-6H3;7-10,17-18H,6H2,1-5H3. The van der Waals surface area contributed by atoms with Crippen LogP contribution in [0.25, 0.3) is 62.6 Å². The van der Waals surface area contributed by atoms with Gasteiger partial charge in [-0.1, -0.05) is 186 Å². The Morgan fingerprint density at radius 1 is 0.391 bits per heavy atom. The highest BCUT2D eigenvalue weighted by molar-refractivity contribution is 7.21. The van der Waals surface area contributed by atoms with Crippen LogP contribution in [0.2, 0.25) is 52.4 Å². The fourth-order valence-electron chi connectivity index (χ4n) is 15.9. The summed E-state index contributed by atoms with van der Waals surface area (Å²) in [4.78, 5) is 22.0. The van der Waals surface area contributed by atoms with Crippen molar-refractivity contribution in [2.24, 2.45) is 0 Å². The van der Waals surface area contributed by atoms with Crippen LogP contribution in [0, 0.1) is 0 Å². The number of fused-ring (bicyclic) bond motifs is 12. The van der Waals surface area contributed by atoms with Gasteiger partial charge in [-0.3, -0.25) is 0 Å². The SMILES string of the molecule is CC1=C(C)C([Si](C)(C)NC(C)(C)C)c2sc3ccccc3c21.CC1=C(C)C([Si](C)(C)NC(C)C)c2sc3ccccc3c21.CC1=C(C)C([Si](C)(C)Nc2ccccc2)c2sc3ccccc3c21.CCN[Si](C)(C)C1C(C)=C(C)c2c1sc1ccccc21. The van der Waals surface area contributed by atoms with Crippen LogP contribution < -0.4 is 19.9 Å². The summed E-state index contributed by atoms with van der Waals surface area (Å²) >= 11 is 8.02. The molecule has 4 aliphatic rings. The lowest BCUT2D eigenvalue weighted by molar-refractivity contribution is 0.508. The molecule has 0 saturated carbocycles. The molecule has 12 heteroatoms. The Morgan fingerprint density at radius 2 is 0.678 bits per heavy atom. The average Bonchev–Trinajstić information content (AvgIpc) is 1.66. The maximum absolute atomic E-state index is 3.99. The fourth-order valence-corrected chi connectivity index (χ4v) is 39.8. The van der Waals surface area contributed by atoms with Crippen LogP contribution in [0.4, 0.5) is 5.69 Å². The number of hydrogen-bond acceptors (Lipinski definition) is 8. The first-order valence-electron chi connectivity index (χ1n) is 31.8. The summed E-state index contributed by atoms with van der Waals surface area (Å²) in [6.45, 7) is 53.1. The molecule has 0 amide bonds. The van der Waals surface area contributed by atoms with Crippen LogP contribution in [-0.4, -0.2) is 51.1 Å². The van der Waals surface area contributed by atoms with E-state index in [4.69, 9.17) is 0 Å². The first-order valence-corrected chi connectivity index (χ1v) is 47.4. The monoisotopic (exact) mass is 1290 g/mol. The van der Waals surface area contributed by atoms with E-state index in [1.165, 1.54) is 90.6 Å². The molecule has 4 aromatic heterocycles. The molecule has 5 aromatic carbocycles. The van der Waals surface area contributed by atoms with Crippen molar-refractivity contribution in [3.05, 3.63) is 191 Å². The Labute approximate surface area is 543 Å². The fraction of sp³-hybridized carbons (Fsp3) is 0.387. The van der Waals surface area contributed by atoms with Crippen molar-refractivity contribution in [1.29, 1.82) is 0 Å². The number of nitrogens with one attached hydrogen (secondary N) is 4. The van der Waals surface area contributed by atoms with Crippen LogP contribution >= 0.6 is 45.3 Å². The zero-order chi connectivity index (χ0) is 63.0. The Hall–Kier alpha value is -4.55. The number of hydrogen-bond donors (Lipinski definition) is 4. The summed E-state index contributed by atoms with van der Waals surface area (Å²) in [7, 11) is -6.39. The number of thiophene rings is 4. The molecule has 4 heterocycles. The molecule has 13 rings (SSSR count). The lowest BCUT2D eigenvalue weighted by Crippen LogP contribution is -2.57. The van der Waals surface area contributed by atoms with Crippen LogP contribution in [0.5, 0.6) is 0 Å². The second kappa shape index (κ2) is 24.9. The predicted octanol–water partition coefficient (Wildman–Crippen LogP) is 23.3. The van der Waals surface area contributed by atoms with E-state index in [9.17, 15) is 0 Å². The van der Waals surface area contributed by atoms with E-state index >= 15 is 0 Å². The number of anilines is 1. The van der Waals surface area contributed by atoms with Crippen molar-refractivity contribution in [3.63, 3.8) is 0 Å². The highest BCUT2D eigenvalue weighted by atomic mass is 32.1. The van der Waals surface area contributed by atoms with E-state index < -0.39 is 32.9 Å². The number of rotatable bonds is 11. The van der Waals surface area contributed by atoms with Gasteiger partial charge < -0.3 is 19.9 Å². The summed E-state index contributed by atoms with van der Waals surface area (Å²) < 4.78 is 5.73. The quantitative estimate of drug-likeness (QED) is 0.0975. The lowest BCUT2D eigenvalue weighted by atomic mass is 10.1. The highest BCUT2D eigenvalue weighted by Gasteiger charge is 2.46.